The first kappa shape index (κ1) is 14.6. The lowest BCUT2D eigenvalue weighted by atomic mass is 10.4. The second kappa shape index (κ2) is 7.00. The molecule has 0 saturated heterocycles. The van der Waals surface area contributed by atoms with Crippen LogP contribution in [0.2, 0.25) is 12.6 Å². The van der Waals surface area contributed by atoms with Crippen molar-refractivity contribution in [3.63, 3.8) is 0 Å². The fraction of sp³-hybridized carbons (Fsp3) is 0.800. The van der Waals surface area contributed by atoms with Crippen LogP contribution in [-0.4, -0.2) is 34.2 Å². The van der Waals surface area contributed by atoms with Crippen LogP contribution in [0.1, 0.15) is 20.3 Å². The first-order valence-electron chi connectivity index (χ1n) is 5.00. The summed E-state index contributed by atoms with van der Waals surface area (Å²) in [5.74, 6) is 0. The van der Waals surface area contributed by atoms with Crippen molar-refractivity contribution in [2.24, 2.45) is 0 Å². The maximum absolute atomic E-state index is 9.50. The molecular weight excluding hydrogens is 212 g/mol. The van der Waals surface area contributed by atoms with Gasteiger partial charge in [-0.25, -0.2) is 0 Å². The topological polar surface area (TPSA) is 47.9 Å². The van der Waals surface area contributed by atoms with Crippen molar-refractivity contribution >= 4 is 8.56 Å². The monoisotopic (exact) mass is 234 g/mol. The summed E-state index contributed by atoms with van der Waals surface area (Å²) in [6.45, 7) is 5.78. The molecule has 0 fully saturated rings. The first-order chi connectivity index (χ1) is 6.93. The van der Waals surface area contributed by atoms with Gasteiger partial charge in [-0.05, 0) is 32.0 Å². The highest BCUT2D eigenvalue weighted by atomic mass is 28.4. The van der Waals surface area contributed by atoms with E-state index in [2.05, 4.69) is 0 Å². The van der Waals surface area contributed by atoms with Gasteiger partial charge in [-0.2, -0.15) is 0 Å². The molecule has 0 aliphatic rings. The van der Waals surface area contributed by atoms with Crippen molar-refractivity contribution in [3.8, 4) is 0 Å². The smallest absolute Gasteiger partial charge is 0.334 e. The summed E-state index contributed by atoms with van der Waals surface area (Å²) >= 11 is 0. The quantitative estimate of drug-likeness (QED) is 0.416. The summed E-state index contributed by atoms with van der Waals surface area (Å²) in [7, 11) is 1.20. The molecule has 4 nitrogen and oxygen atoms in total. The van der Waals surface area contributed by atoms with Gasteiger partial charge in [0.05, 0.1) is 6.26 Å². The fourth-order valence-electron chi connectivity index (χ4n) is 0.956. The average Bonchev–Trinajstić information content (AvgIpc) is 2.23. The largest absolute Gasteiger partial charge is 0.473 e. The molecule has 0 spiro atoms. The number of hydrogen-bond acceptors (Lipinski definition) is 4. The predicted octanol–water partition coefficient (Wildman–Crippen LogP) is 2.00. The van der Waals surface area contributed by atoms with Gasteiger partial charge >= 0.3 is 8.56 Å². The van der Waals surface area contributed by atoms with E-state index in [9.17, 15) is 5.11 Å². The second-order valence-electron chi connectivity index (χ2n) is 3.87. The van der Waals surface area contributed by atoms with Crippen LogP contribution < -0.4 is 0 Å². The highest BCUT2D eigenvalue weighted by Crippen LogP contribution is 2.15. The Morgan fingerprint density at radius 3 is 2.27 bits per heavy atom. The number of allylic oxidation sites excluding steroid dienone is 1. The van der Waals surface area contributed by atoms with Crippen molar-refractivity contribution in [2.75, 3.05) is 14.2 Å². The molecule has 1 N–H and O–H groups in total. The van der Waals surface area contributed by atoms with Crippen molar-refractivity contribution in [1.82, 2.24) is 0 Å². The van der Waals surface area contributed by atoms with Gasteiger partial charge in [0.15, 0.2) is 6.29 Å². The standard InChI is InChI=1S/C10H22O4Si/c1-9(2)8-14-10(11)6-7-15(5,12-3)13-4/h8,10-11H,6-7H2,1-5H3. The molecule has 0 radical (unpaired) electrons. The Morgan fingerprint density at radius 2 is 1.87 bits per heavy atom. The van der Waals surface area contributed by atoms with Gasteiger partial charge in [0, 0.05) is 20.6 Å². The molecular formula is C10H22O4Si. The summed E-state index contributed by atoms with van der Waals surface area (Å²) in [4.78, 5) is 0. The summed E-state index contributed by atoms with van der Waals surface area (Å²) in [6.07, 6.45) is 1.30. The van der Waals surface area contributed by atoms with Crippen LogP contribution in [0.25, 0.3) is 0 Å². The Hall–Kier alpha value is -0.363. The highest BCUT2D eigenvalue weighted by Gasteiger charge is 2.29. The molecule has 0 aliphatic heterocycles. The molecule has 0 amide bonds. The maximum Gasteiger partial charge on any atom is 0.334 e. The molecule has 5 heteroatoms. The normalized spacial score (nSPS) is 13.5. The third-order valence-corrected chi connectivity index (χ3v) is 5.09. The molecule has 90 valence electrons. The Kier molecular flexibility index (Phi) is 6.83. The minimum absolute atomic E-state index is 0.522. The first-order valence-corrected chi connectivity index (χ1v) is 7.53. The third-order valence-electron chi connectivity index (χ3n) is 2.17. The van der Waals surface area contributed by atoms with E-state index in [0.29, 0.717) is 12.5 Å². The fourth-order valence-corrected chi connectivity index (χ4v) is 2.30. The van der Waals surface area contributed by atoms with E-state index in [1.807, 2.05) is 20.4 Å². The van der Waals surface area contributed by atoms with E-state index in [-0.39, 0.29) is 0 Å². The average molecular weight is 234 g/mol. The van der Waals surface area contributed by atoms with Crippen LogP contribution in [0.4, 0.5) is 0 Å². The molecule has 0 rings (SSSR count). The molecule has 0 aromatic heterocycles. The van der Waals surface area contributed by atoms with Crippen LogP contribution in [0, 0.1) is 0 Å². The van der Waals surface area contributed by atoms with E-state index in [4.69, 9.17) is 13.6 Å². The number of ether oxygens (including phenoxy) is 1. The van der Waals surface area contributed by atoms with Crippen LogP contribution in [0.5, 0.6) is 0 Å². The molecule has 0 heterocycles. The SMILES string of the molecule is CO[Si](C)(CCC(O)OC=C(C)C)OC. The van der Waals surface area contributed by atoms with E-state index in [1.165, 1.54) is 0 Å². The van der Waals surface area contributed by atoms with E-state index in [0.717, 1.165) is 5.57 Å². The minimum atomic E-state index is -2.08. The van der Waals surface area contributed by atoms with E-state index in [1.54, 1.807) is 20.5 Å². The summed E-state index contributed by atoms with van der Waals surface area (Å²) in [5, 5.41) is 9.50. The molecule has 1 unspecified atom stereocenters. The van der Waals surface area contributed by atoms with Gasteiger partial charge in [-0.1, -0.05) is 0 Å². The predicted molar refractivity (Wildman–Crippen MR) is 61.6 cm³/mol. The number of hydrogen-bond donors (Lipinski definition) is 1. The third kappa shape index (κ3) is 6.67. The zero-order chi connectivity index (χ0) is 11.9. The number of aliphatic hydroxyl groups excluding tert-OH is 1. The summed E-state index contributed by atoms with van der Waals surface area (Å²) in [5.41, 5.74) is 1.02. The molecule has 0 aliphatic carbocycles. The Bertz CT molecular complexity index is 198. The minimum Gasteiger partial charge on any atom is -0.473 e. The molecule has 15 heavy (non-hydrogen) atoms. The summed E-state index contributed by atoms with van der Waals surface area (Å²) < 4.78 is 15.7. The lowest BCUT2D eigenvalue weighted by Gasteiger charge is -2.23. The van der Waals surface area contributed by atoms with Crippen LogP contribution in [0.15, 0.2) is 11.8 Å². The molecule has 0 saturated carbocycles. The van der Waals surface area contributed by atoms with Crippen LogP contribution in [0.3, 0.4) is 0 Å². The Morgan fingerprint density at radius 1 is 1.33 bits per heavy atom. The molecule has 1 atom stereocenters. The van der Waals surface area contributed by atoms with Crippen molar-refractivity contribution in [3.05, 3.63) is 11.8 Å². The highest BCUT2D eigenvalue weighted by molar-refractivity contribution is 6.65. The van der Waals surface area contributed by atoms with Crippen molar-refractivity contribution in [2.45, 2.75) is 39.1 Å². The lowest BCUT2D eigenvalue weighted by Crippen LogP contribution is -2.36. The Labute approximate surface area is 93.1 Å². The molecule has 0 aromatic rings. The lowest BCUT2D eigenvalue weighted by molar-refractivity contribution is -0.0546. The summed E-state index contributed by atoms with van der Waals surface area (Å²) in [6, 6.07) is 0.706. The van der Waals surface area contributed by atoms with Gasteiger partial charge in [-0.15, -0.1) is 0 Å². The van der Waals surface area contributed by atoms with Crippen molar-refractivity contribution < 1.29 is 18.7 Å². The van der Waals surface area contributed by atoms with E-state index < -0.39 is 14.9 Å². The molecule has 0 aromatic carbocycles. The van der Waals surface area contributed by atoms with E-state index >= 15 is 0 Å². The zero-order valence-corrected chi connectivity index (χ0v) is 11.2. The van der Waals surface area contributed by atoms with Gasteiger partial charge in [0.1, 0.15) is 0 Å². The number of aliphatic hydroxyl groups is 1. The zero-order valence-electron chi connectivity index (χ0n) is 10.2. The second-order valence-corrected chi connectivity index (χ2v) is 7.45. The van der Waals surface area contributed by atoms with Gasteiger partial charge < -0.3 is 18.7 Å². The van der Waals surface area contributed by atoms with Gasteiger partial charge in [0.25, 0.3) is 0 Å². The maximum atomic E-state index is 9.50. The van der Waals surface area contributed by atoms with Crippen molar-refractivity contribution in [1.29, 1.82) is 0 Å². The Balaban J connectivity index is 3.88. The number of rotatable bonds is 7. The van der Waals surface area contributed by atoms with Gasteiger partial charge in [-0.3, -0.25) is 0 Å². The van der Waals surface area contributed by atoms with Crippen LogP contribution >= 0.6 is 0 Å². The van der Waals surface area contributed by atoms with Gasteiger partial charge in [0.2, 0.25) is 0 Å². The van der Waals surface area contributed by atoms with Crippen LogP contribution in [-0.2, 0) is 13.6 Å². The molecule has 0 bridgehead atoms.